The van der Waals surface area contributed by atoms with Crippen LogP contribution in [0.5, 0.6) is 0 Å². The third-order valence-electron chi connectivity index (χ3n) is 2.99. The lowest BCUT2D eigenvalue weighted by Gasteiger charge is -2.13. The number of nitrogens with zero attached hydrogens (tertiary/aromatic N) is 4. The van der Waals surface area contributed by atoms with Gasteiger partial charge in [0.15, 0.2) is 5.15 Å². The molecule has 1 aromatic carbocycles. The van der Waals surface area contributed by atoms with Crippen LogP contribution < -0.4 is 4.90 Å². The van der Waals surface area contributed by atoms with Crippen molar-refractivity contribution >= 4 is 46.0 Å². The van der Waals surface area contributed by atoms with Crippen LogP contribution in [0.4, 0.5) is 14.9 Å². The van der Waals surface area contributed by atoms with Gasteiger partial charge < -0.3 is 4.74 Å². The summed E-state index contributed by atoms with van der Waals surface area (Å²) in [5.74, 6) is -0.368. The number of aromatic nitrogens is 3. The smallest absolute Gasteiger partial charge is 0.414 e. The first-order chi connectivity index (χ1) is 10.0. The molecule has 1 aliphatic heterocycles. The molecule has 1 aromatic heterocycles. The summed E-state index contributed by atoms with van der Waals surface area (Å²) in [5, 5.41) is 7.72. The second-order valence-electron chi connectivity index (χ2n) is 4.48. The van der Waals surface area contributed by atoms with E-state index in [2.05, 4.69) is 10.3 Å². The van der Waals surface area contributed by atoms with Crippen LogP contribution in [0.25, 0.3) is 0 Å². The third kappa shape index (κ3) is 3.10. The van der Waals surface area contributed by atoms with Gasteiger partial charge in [0.2, 0.25) is 0 Å². The largest absolute Gasteiger partial charge is 0.442 e. The van der Waals surface area contributed by atoms with Gasteiger partial charge in [-0.15, -0.1) is 5.10 Å². The second kappa shape index (κ2) is 5.76. The summed E-state index contributed by atoms with van der Waals surface area (Å²) in [4.78, 5) is 13.3. The van der Waals surface area contributed by atoms with Gasteiger partial charge in [0.1, 0.15) is 11.9 Å². The van der Waals surface area contributed by atoms with E-state index in [4.69, 9.17) is 16.3 Å². The van der Waals surface area contributed by atoms with Crippen LogP contribution in [0.2, 0.25) is 5.15 Å². The van der Waals surface area contributed by atoms with Crippen molar-refractivity contribution in [2.75, 3.05) is 11.4 Å². The zero-order valence-electron chi connectivity index (χ0n) is 10.5. The molecule has 0 aliphatic carbocycles. The molecule has 2 heterocycles. The van der Waals surface area contributed by atoms with Crippen LogP contribution in [0.1, 0.15) is 0 Å². The molecular weight excluding hydrogens is 414 g/mol. The Morgan fingerprint density at radius 1 is 1.52 bits per heavy atom. The van der Waals surface area contributed by atoms with Crippen LogP contribution in [-0.2, 0) is 11.3 Å². The molecule has 6 nitrogen and oxygen atoms in total. The molecule has 1 saturated heterocycles. The molecule has 0 spiro atoms. The average Bonchev–Trinajstić information content (AvgIpc) is 3.00. The zero-order valence-corrected chi connectivity index (χ0v) is 13.5. The standard InChI is InChI=1S/C12H9ClFIN4O2/c13-11-6-18(17-16-11)4-8-5-19(12(20)21-8)7-1-2-10(15)9(14)3-7/h1-3,6,8H,4-5H2/t8-/m0/s1. The summed E-state index contributed by atoms with van der Waals surface area (Å²) >= 11 is 7.57. The normalized spacial score (nSPS) is 18.1. The highest BCUT2D eigenvalue weighted by Gasteiger charge is 2.33. The maximum absolute atomic E-state index is 13.6. The van der Waals surface area contributed by atoms with E-state index < -0.39 is 12.2 Å². The molecule has 1 amide bonds. The first kappa shape index (κ1) is 14.5. The minimum absolute atomic E-state index is 0.274. The van der Waals surface area contributed by atoms with Gasteiger partial charge in [-0.25, -0.2) is 13.9 Å². The molecule has 0 N–H and O–H groups in total. The fourth-order valence-electron chi connectivity index (χ4n) is 2.05. The number of cyclic esters (lactones) is 1. The predicted molar refractivity (Wildman–Crippen MR) is 81.8 cm³/mol. The van der Waals surface area contributed by atoms with Crippen LogP contribution in [0.3, 0.4) is 0 Å². The van der Waals surface area contributed by atoms with Crippen LogP contribution in [-0.4, -0.2) is 33.7 Å². The Morgan fingerprint density at radius 2 is 2.33 bits per heavy atom. The van der Waals surface area contributed by atoms with Gasteiger partial charge in [-0.05, 0) is 40.8 Å². The Kier molecular flexibility index (Phi) is 3.98. The van der Waals surface area contributed by atoms with Gasteiger partial charge in [0.05, 0.1) is 25.0 Å². The zero-order chi connectivity index (χ0) is 15.0. The highest BCUT2D eigenvalue weighted by Crippen LogP contribution is 2.25. The number of carbonyl (C=O) groups excluding carboxylic acids is 1. The monoisotopic (exact) mass is 422 g/mol. The first-order valence-electron chi connectivity index (χ1n) is 6.02. The minimum atomic E-state index is -0.508. The molecule has 1 atom stereocenters. The van der Waals surface area contributed by atoms with E-state index in [1.54, 1.807) is 18.3 Å². The summed E-state index contributed by atoms with van der Waals surface area (Å²) in [7, 11) is 0. The number of hydrogen-bond acceptors (Lipinski definition) is 4. The maximum Gasteiger partial charge on any atom is 0.414 e. The Labute approximate surface area is 138 Å². The van der Waals surface area contributed by atoms with E-state index in [1.807, 2.05) is 22.6 Å². The van der Waals surface area contributed by atoms with Gasteiger partial charge in [-0.3, -0.25) is 4.90 Å². The fourth-order valence-corrected chi connectivity index (χ4v) is 2.53. The molecule has 110 valence electrons. The number of anilines is 1. The van der Waals surface area contributed by atoms with Gasteiger partial charge >= 0.3 is 6.09 Å². The van der Waals surface area contributed by atoms with E-state index in [0.29, 0.717) is 22.3 Å². The quantitative estimate of drug-likeness (QED) is 0.714. The van der Waals surface area contributed by atoms with Gasteiger partial charge in [-0.2, -0.15) is 0 Å². The lowest BCUT2D eigenvalue weighted by Crippen LogP contribution is -2.26. The molecule has 3 rings (SSSR count). The van der Waals surface area contributed by atoms with Crippen molar-refractivity contribution in [2.45, 2.75) is 12.6 Å². The predicted octanol–water partition coefficient (Wildman–Crippen LogP) is 2.70. The van der Waals surface area contributed by atoms with E-state index in [9.17, 15) is 9.18 Å². The van der Waals surface area contributed by atoms with Crippen molar-refractivity contribution in [3.05, 3.63) is 38.9 Å². The molecule has 9 heteroatoms. The molecule has 21 heavy (non-hydrogen) atoms. The average molecular weight is 423 g/mol. The highest BCUT2D eigenvalue weighted by atomic mass is 127. The maximum atomic E-state index is 13.6. The summed E-state index contributed by atoms with van der Waals surface area (Å²) in [6.45, 7) is 0.658. The number of amides is 1. The van der Waals surface area contributed by atoms with Gasteiger partial charge in [0, 0.05) is 3.57 Å². The van der Waals surface area contributed by atoms with Gasteiger partial charge in [-0.1, -0.05) is 16.8 Å². The molecule has 1 aliphatic rings. The highest BCUT2D eigenvalue weighted by molar-refractivity contribution is 14.1. The summed E-state index contributed by atoms with van der Waals surface area (Å²) in [6, 6.07) is 4.61. The van der Waals surface area contributed by atoms with E-state index in [1.165, 1.54) is 15.6 Å². The SMILES string of the molecule is O=C1O[C@@H](Cn2cc(Cl)nn2)CN1c1ccc(I)c(F)c1. The minimum Gasteiger partial charge on any atom is -0.442 e. The molecule has 2 aromatic rings. The summed E-state index contributed by atoms with van der Waals surface area (Å²) in [6.07, 6.45) is 0.646. The van der Waals surface area contributed by atoms with E-state index in [-0.39, 0.29) is 11.0 Å². The number of ether oxygens (including phenoxy) is 1. The van der Waals surface area contributed by atoms with Crippen molar-refractivity contribution in [3.63, 3.8) is 0 Å². The van der Waals surface area contributed by atoms with E-state index >= 15 is 0 Å². The first-order valence-corrected chi connectivity index (χ1v) is 7.47. The molecule has 0 bridgehead atoms. The van der Waals surface area contributed by atoms with Crippen LogP contribution >= 0.6 is 34.2 Å². The molecule has 0 radical (unpaired) electrons. The van der Waals surface area contributed by atoms with Crippen molar-refractivity contribution in [2.24, 2.45) is 0 Å². The van der Waals surface area contributed by atoms with Crippen molar-refractivity contribution in [1.82, 2.24) is 15.0 Å². The lowest BCUT2D eigenvalue weighted by atomic mass is 10.2. The van der Waals surface area contributed by atoms with Crippen molar-refractivity contribution in [3.8, 4) is 0 Å². The van der Waals surface area contributed by atoms with Crippen molar-refractivity contribution < 1.29 is 13.9 Å². The fraction of sp³-hybridized carbons (Fsp3) is 0.250. The molecule has 1 fully saturated rings. The van der Waals surface area contributed by atoms with Crippen LogP contribution in [0, 0.1) is 9.39 Å². The van der Waals surface area contributed by atoms with Gasteiger partial charge in [0.25, 0.3) is 0 Å². The molecular formula is C12H9ClFIN4O2. The van der Waals surface area contributed by atoms with Crippen molar-refractivity contribution in [1.29, 1.82) is 0 Å². The Morgan fingerprint density at radius 3 is 3.00 bits per heavy atom. The number of benzene rings is 1. The Balaban J connectivity index is 1.73. The molecule has 0 saturated carbocycles. The molecule has 0 unspecified atom stereocenters. The number of halogens is 3. The Bertz CT molecular complexity index is 696. The number of rotatable bonds is 3. The van der Waals surface area contributed by atoms with E-state index in [0.717, 1.165) is 0 Å². The summed E-state index contributed by atoms with van der Waals surface area (Å²) in [5.41, 5.74) is 0.469. The second-order valence-corrected chi connectivity index (χ2v) is 6.03. The number of hydrogen-bond donors (Lipinski definition) is 0. The third-order valence-corrected chi connectivity index (χ3v) is 4.04. The number of carbonyl (C=O) groups is 1. The van der Waals surface area contributed by atoms with Crippen LogP contribution in [0.15, 0.2) is 24.4 Å². The Hall–Kier alpha value is -1.42. The lowest BCUT2D eigenvalue weighted by molar-refractivity contribution is 0.129. The topological polar surface area (TPSA) is 60.3 Å². The summed E-state index contributed by atoms with van der Waals surface area (Å²) < 4.78 is 20.8.